The topological polar surface area (TPSA) is 61.6 Å². The largest absolute Gasteiger partial charge is 0.496 e. The molecule has 1 heterocycles. The van der Waals surface area contributed by atoms with Crippen LogP contribution in [0.1, 0.15) is 16.2 Å². The average Bonchev–Trinajstić information content (AvgIpc) is 2.95. The summed E-state index contributed by atoms with van der Waals surface area (Å²) in [4.78, 5) is 16.3. The van der Waals surface area contributed by atoms with Crippen LogP contribution in [-0.2, 0) is 11.3 Å². The molecular weight excluding hydrogens is 350 g/mol. The molecule has 1 aromatic heterocycles. The number of fused-ring (bicyclic) bond motifs is 1. The Bertz CT molecular complexity index is 795. The Labute approximate surface area is 135 Å². The monoisotopic (exact) mass is 361 g/mol. The van der Waals surface area contributed by atoms with Gasteiger partial charge in [-0.25, -0.2) is 9.78 Å². The minimum absolute atomic E-state index is 0.0167. The number of carbonyl (C=O) groups excluding carboxylic acids is 1. The van der Waals surface area contributed by atoms with Gasteiger partial charge >= 0.3 is 5.97 Å². The number of para-hydroxylation sites is 2. The lowest BCUT2D eigenvalue weighted by molar-refractivity contribution is 0.0440. The van der Waals surface area contributed by atoms with Crippen molar-refractivity contribution in [1.29, 1.82) is 0 Å². The number of benzene rings is 2. The zero-order valence-corrected chi connectivity index (χ0v) is 13.3. The van der Waals surface area contributed by atoms with E-state index in [9.17, 15) is 4.79 Å². The van der Waals surface area contributed by atoms with Gasteiger partial charge in [-0.1, -0.05) is 12.1 Å². The molecule has 0 aliphatic rings. The maximum atomic E-state index is 12.0. The summed E-state index contributed by atoms with van der Waals surface area (Å²) in [6, 6.07) is 12.4. The van der Waals surface area contributed by atoms with E-state index >= 15 is 0 Å². The fraction of sp³-hybridized carbons (Fsp3) is 0.125. The van der Waals surface area contributed by atoms with E-state index in [1.807, 2.05) is 24.3 Å². The third kappa shape index (κ3) is 2.96. The van der Waals surface area contributed by atoms with Crippen molar-refractivity contribution in [3.8, 4) is 5.75 Å². The highest BCUT2D eigenvalue weighted by Gasteiger charge is 2.12. The molecule has 0 N–H and O–H groups in total. The highest BCUT2D eigenvalue weighted by molar-refractivity contribution is 9.10. The van der Waals surface area contributed by atoms with Gasteiger partial charge in [0.05, 0.1) is 17.1 Å². The lowest BCUT2D eigenvalue weighted by Crippen LogP contribution is -2.05. The fourth-order valence-corrected chi connectivity index (χ4v) is 2.53. The number of hydrogen-bond donors (Lipinski definition) is 0. The van der Waals surface area contributed by atoms with Crippen LogP contribution in [0.25, 0.3) is 11.1 Å². The van der Waals surface area contributed by atoms with Crippen LogP contribution in [0.3, 0.4) is 0 Å². The van der Waals surface area contributed by atoms with E-state index in [0.717, 1.165) is 5.52 Å². The number of aromatic nitrogens is 1. The predicted octanol–water partition coefficient (Wildman–Crippen LogP) is 3.96. The molecule has 3 aromatic rings. The molecule has 0 saturated heterocycles. The van der Waals surface area contributed by atoms with E-state index in [4.69, 9.17) is 13.9 Å². The highest BCUT2D eigenvalue weighted by atomic mass is 79.9. The summed E-state index contributed by atoms with van der Waals surface area (Å²) in [5.41, 5.74) is 1.82. The van der Waals surface area contributed by atoms with Crippen molar-refractivity contribution < 1.29 is 18.7 Å². The van der Waals surface area contributed by atoms with Gasteiger partial charge in [0.15, 0.2) is 12.2 Å². The molecule has 112 valence electrons. The van der Waals surface area contributed by atoms with Crippen molar-refractivity contribution >= 4 is 33.0 Å². The zero-order valence-electron chi connectivity index (χ0n) is 11.7. The van der Waals surface area contributed by atoms with E-state index < -0.39 is 5.97 Å². The molecule has 0 radical (unpaired) electrons. The van der Waals surface area contributed by atoms with Crippen molar-refractivity contribution in [2.75, 3.05) is 7.11 Å². The number of halogens is 1. The number of ether oxygens (including phenoxy) is 2. The van der Waals surface area contributed by atoms with Gasteiger partial charge in [-0.2, -0.15) is 0 Å². The first-order chi connectivity index (χ1) is 10.7. The molecule has 0 spiro atoms. The second kappa shape index (κ2) is 6.19. The van der Waals surface area contributed by atoms with Crippen molar-refractivity contribution in [2.45, 2.75) is 6.61 Å². The Morgan fingerprint density at radius 2 is 2.09 bits per heavy atom. The molecule has 0 atom stereocenters. The first kappa shape index (κ1) is 14.6. The molecule has 5 nitrogen and oxygen atoms in total. The van der Waals surface area contributed by atoms with Crippen LogP contribution in [0.5, 0.6) is 5.75 Å². The maximum Gasteiger partial charge on any atom is 0.338 e. The van der Waals surface area contributed by atoms with Gasteiger partial charge in [0.2, 0.25) is 5.89 Å². The van der Waals surface area contributed by atoms with Crippen molar-refractivity contribution in [3.63, 3.8) is 0 Å². The van der Waals surface area contributed by atoms with Crippen LogP contribution >= 0.6 is 15.9 Å². The second-order valence-electron chi connectivity index (χ2n) is 4.50. The molecule has 0 bridgehead atoms. The van der Waals surface area contributed by atoms with Crippen LogP contribution < -0.4 is 4.74 Å². The molecule has 6 heteroatoms. The van der Waals surface area contributed by atoms with E-state index in [1.165, 1.54) is 0 Å². The third-order valence-electron chi connectivity index (χ3n) is 3.05. The van der Waals surface area contributed by atoms with Crippen LogP contribution in [0.2, 0.25) is 0 Å². The van der Waals surface area contributed by atoms with E-state index in [0.29, 0.717) is 27.3 Å². The van der Waals surface area contributed by atoms with Gasteiger partial charge in [0, 0.05) is 0 Å². The van der Waals surface area contributed by atoms with Gasteiger partial charge in [-0.15, -0.1) is 0 Å². The molecule has 0 unspecified atom stereocenters. The number of nitrogens with zero attached hydrogens (tertiary/aromatic N) is 1. The normalized spacial score (nSPS) is 10.6. The van der Waals surface area contributed by atoms with E-state index in [2.05, 4.69) is 20.9 Å². The minimum atomic E-state index is -0.453. The van der Waals surface area contributed by atoms with Gasteiger partial charge < -0.3 is 13.9 Å². The molecule has 3 rings (SSSR count). The van der Waals surface area contributed by atoms with Gasteiger partial charge in [-0.05, 0) is 46.3 Å². The third-order valence-corrected chi connectivity index (χ3v) is 3.67. The lowest BCUT2D eigenvalue weighted by Gasteiger charge is -2.06. The molecule has 2 aromatic carbocycles. The van der Waals surface area contributed by atoms with Crippen molar-refractivity contribution in [2.24, 2.45) is 0 Å². The van der Waals surface area contributed by atoms with Gasteiger partial charge in [-0.3, -0.25) is 0 Å². The number of methoxy groups -OCH3 is 1. The van der Waals surface area contributed by atoms with Gasteiger partial charge in [0.1, 0.15) is 11.3 Å². The number of oxazole rings is 1. The summed E-state index contributed by atoms with van der Waals surface area (Å²) in [5.74, 6) is 0.559. The summed E-state index contributed by atoms with van der Waals surface area (Å²) in [6.45, 7) is -0.0167. The summed E-state index contributed by atoms with van der Waals surface area (Å²) in [6.07, 6.45) is 0. The summed E-state index contributed by atoms with van der Waals surface area (Å²) in [5, 5.41) is 0. The van der Waals surface area contributed by atoms with Crippen molar-refractivity contribution in [1.82, 2.24) is 4.98 Å². The second-order valence-corrected chi connectivity index (χ2v) is 5.36. The first-order valence-corrected chi connectivity index (χ1v) is 7.32. The molecule has 0 fully saturated rings. The Kier molecular flexibility index (Phi) is 4.11. The Balaban J connectivity index is 1.70. The van der Waals surface area contributed by atoms with Crippen LogP contribution in [0.15, 0.2) is 51.4 Å². The summed E-state index contributed by atoms with van der Waals surface area (Å²) >= 11 is 3.33. The number of rotatable bonds is 4. The quantitative estimate of drug-likeness (QED) is 0.658. The molecule has 0 amide bonds. The fourth-order valence-electron chi connectivity index (χ4n) is 1.99. The average molecular weight is 362 g/mol. The number of esters is 1. The van der Waals surface area contributed by atoms with Crippen LogP contribution in [-0.4, -0.2) is 18.1 Å². The smallest absolute Gasteiger partial charge is 0.338 e. The maximum absolute atomic E-state index is 12.0. The highest BCUT2D eigenvalue weighted by Crippen LogP contribution is 2.26. The van der Waals surface area contributed by atoms with E-state index in [-0.39, 0.29) is 6.61 Å². The SMILES string of the molecule is COc1ccc(C(=O)OCc2nc3ccccc3o2)cc1Br. The predicted molar refractivity (Wildman–Crippen MR) is 83.8 cm³/mol. The van der Waals surface area contributed by atoms with Gasteiger partial charge in [0.25, 0.3) is 0 Å². The number of carbonyl (C=O) groups is 1. The molecule has 22 heavy (non-hydrogen) atoms. The van der Waals surface area contributed by atoms with Crippen molar-refractivity contribution in [3.05, 3.63) is 58.4 Å². The Hall–Kier alpha value is -2.34. The molecule has 0 aliphatic carbocycles. The lowest BCUT2D eigenvalue weighted by atomic mass is 10.2. The zero-order chi connectivity index (χ0) is 15.5. The number of hydrogen-bond acceptors (Lipinski definition) is 5. The Morgan fingerprint density at radius 3 is 2.82 bits per heavy atom. The summed E-state index contributed by atoms with van der Waals surface area (Å²) in [7, 11) is 1.56. The minimum Gasteiger partial charge on any atom is -0.496 e. The molecule has 0 saturated carbocycles. The Morgan fingerprint density at radius 1 is 1.27 bits per heavy atom. The molecule has 0 aliphatic heterocycles. The molecular formula is C16H12BrNO4. The van der Waals surface area contributed by atoms with Crippen LogP contribution in [0.4, 0.5) is 0 Å². The first-order valence-electron chi connectivity index (χ1n) is 6.52. The standard InChI is InChI=1S/C16H12BrNO4/c1-20-13-7-6-10(8-11(13)17)16(19)21-9-15-18-12-4-2-3-5-14(12)22-15/h2-8H,9H2,1H3. The van der Waals surface area contributed by atoms with Crippen LogP contribution in [0, 0.1) is 0 Å². The summed E-state index contributed by atoms with van der Waals surface area (Å²) < 4.78 is 16.5. The van der Waals surface area contributed by atoms with E-state index in [1.54, 1.807) is 25.3 Å².